The van der Waals surface area contributed by atoms with Crippen molar-refractivity contribution >= 4 is 12.2 Å². The Hall–Kier alpha value is -3.22. The van der Waals surface area contributed by atoms with Gasteiger partial charge in [0.1, 0.15) is 17.3 Å². The average Bonchev–Trinajstić information content (AvgIpc) is 2.95. The van der Waals surface area contributed by atoms with Crippen LogP contribution < -0.4 is 11.0 Å². The van der Waals surface area contributed by atoms with Crippen molar-refractivity contribution in [3.8, 4) is 11.3 Å². The second-order valence-electron chi connectivity index (χ2n) is 4.79. The largest absolute Gasteiger partial charge is 0.455 e. The van der Waals surface area contributed by atoms with Crippen molar-refractivity contribution in [2.75, 3.05) is 5.43 Å². The first-order valence-electron chi connectivity index (χ1n) is 6.83. The fraction of sp³-hybridized carbons (Fsp3) is 0.0625. The van der Waals surface area contributed by atoms with Crippen LogP contribution in [-0.2, 0) is 0 Å². The molecule has 7 heteroatoms. The van der Waals surface area contributed by atoms with Gasteiger partial charge in [-0.25, -0.2) is 14.8 Å². The number of benzene rings is 1. The lowest BCUT2D eigenvalue weighted by Gasteiger charge is -1.99. The number of H-pyrrole nitrogens is 1. The zero-order chi connectivity index (χ0) is 16.2. The number of anilines is 1. The predicted molar refractivity (Wildman–Crippen MR) is 84.9 cm³/mol. The number of nitrogens with one attached hydrogen (secondary N) is 2. The van der Waals surface area contributed by atoms with E-state index in [1.165, 1.54) is 18.3 Å². The molecule has 0 atom stereocenters. The smallest absolute Gasteiger partial charge is 0.252 e. The Kier molecular flexibility index (Phi) is 4.01. The first-order chi connectivity index (χ1) is 11.1. The molecule has 0 aliphatic carbocycles. The monoisotopic (exact) mass is 312 g/mol. The fourth-order valence-electron chi connectivity index (χ4n) is 2.02. The van der Waals surface area contributed by atoms with Gasteiger partial charge in [-0.3, -0.25) is 9.78 Å². The Bertz CT molecular complexity index is 914. The van der Waals surface area contributed by atoms with E-state index in [1.807, 2.05) is 0 Å². The Labute approximate surface area is 130 Å². The van der Waals surface area contributed by atoms with Crippen molar-refractivity contribution in [1.82, 2.24) is 9.97 Å². The molecule has 0 aliphatic heterocycles. The highest BCUT2D eigenvalue weighted by Crippen LogP contribution is 2.24. The van der Waals surface area contributed by atoms with Crippen molar-refractivity contribution in [3.05, 3.63) is 70.1 Å². The molecule has 2 N–H and O–H groups in total. The van der Waals surface area contributed by atoms with Crippen LogP contribution >= 0.6 is 0 Å². The van der Waals surface area contributed by atoms with E-state index in [4.69, 9.17) is 4.42 Å². The summed E-state index contributed by atoms with van der Waals surface area (Å²) in [6, 6.07) is 11.1. The van der Waals surface area contributed by atoms with Crippen LogP contribution in [0, 0.1) is 12.7 Å². The van der Waals surface area contributed by atoms with Crippen molar-refractivity contribution in [1.29, 1.82) is 0 Å². The van der Waals surface area contributed by atoms with Gasteiger partial charge in [0.15, 0.2) is 0 Å². The van der Waals surface area contributed by atoms with E-state index in [-0.39, 0.29) is 17.3 Å². The molecule has 0 bridgehead atoms. The van der Waals surface area contributed by atoms with Crippen LogP contribution in [-0.4, -0.2) is 16.2 Å². The first kappa shape index (κ1) is 14.7. The summed E-state index contributed by atoms with van der Waals surface area (Å²) in [6.45, 7) is 1.71. The maximum atomic E-state index is 13.7. The van der Waals surface area contributed by atoms with E-state index in [1.54, 1.807) is 37.3 Å². The van der Waals surface area contributed by atoms with Gasteiger partial charge in [-0.1, -0.05) is 12.1 Å². The maximum absolute atomic E-state index is 13.7. The third kappa shape index (κ3) is 3.52. The highest BCUT2D eigenvalue weighted by molar-refractivity contribution is 5.78. The SMILES string of the molecule is Cc1cc(=O)[nH]c(N/N=C\c2ccc(-c3ccccc3F)o2)n1. The number of hydrogen-bond donors (Lipinski definition) is 2. The number of nitrogens with zero attached hydrogens (tertiary/aromatic N) is 2. The maximum Gasteiger partial charge on any atom is 0.252 e. The van der Waals surface area contributed by atoms with Gasteiger partial charge in [-0.2, -0.15) is 5.10 Å². The van der Waals surface area contributed by atoms with E-state index in [2.05, 4.69) is 20.5 Å². The Morgan fingerprint density at radius 1 is 1.30 bits per heavy atom. The molecule has 2 heterocycles. The van der Waals surface area contributed by atoms with Gasteiger partial charge in [-0.05, 0) is 31.2 Å². The van der Waals surface area contributed by atoms with Gasteiger partial charge >= 0.3 is 0 Å². The summed E-state index contributed by atoms with van der Waals surface area (Å²) in [5, 5.41) is 3.93. The topological polar surface area (TPSA) is 83.3 Å². The van der Waals surface area contributed by atoms with Crippen LogP contribution in [0.2, 0.25) is 0 Å². The van der Waals surface area contributed by atoms with Crippen molar-refractivity contribution in [2.24, 2.45) is 5.10 Å². The van der Waals surface area contributed by atoms with Gasteiger partial charge in [0.05, 0.1) is 11.8 Å². The Morgan fingerprint density at radius 2 is 2.13 bits per heavy atom. The molecule has 0 unspecified atom stereocenters. The van der Waals surface area contributed by atoms with Crippen molar-refractivity contribution in [3.63, 3.8) is 0 Å². The number of hydrogen-bond acceptors (Lipinski definition) is 5. The zero-order valence-corrected chi connectivity index (χ0v) is 12.2. The molecule has 0 saturated carbocycles. The molecule has 0 radical (unpaired) electrons. The molecular weight excluding hydrogens is 299 g/mol. The lowest BCUT2D eigenvalue weighted by Crippen LogP contribution is -2.10. The normalized spacial score (nSPS) is 11.0. The Balaban J connectivity index is 1.74. The fourth-order valence-corrected chi connectivity index (χ4v) is 2.02. The third-order valence-electron chi connectivity index (χ3n) is 3.00. The molecule has 0 spiro atoms. The van der Waals surface area contributed by atoms with Crippen LogP contribution in [0.15, 0.2) is 56.8 Å². The number of furan rings is 1. The quantitative estimate of drug-likeness (QED) is 0.573. The molecule has 0 aliphatic rings. The van der Waals surface area contributed by atoms with Crippen molar-refractivity contribution in [2.45, 2.75) is 6.92 Å². The minimum atomic E-state index is -0.356. The van der Waals surface area contributed by atoms with E-state index in [0.29, 0.717) is 22.8 Å². The molecular formula is C16H13FN4O2. The second-order valence-corrected chi connectivity index (χ2v) is 4.79. The first-order valence-corrected chi connectivity index (χ1v) is 6.83. The van der Waals surface area contributed by atoms with Gasteiger partial charge in [0, 0.05) is 11.8 Å². The van der Waals surface area contributed by atoms with E-state index in [0.717, 1.165) is 0 Å². The van der Waals surface area contributed by atoms with Crippen LogP contribution in [0.25, 0.3) is 11.3 Å². The number of aromatic nitrogens is 2. The predicted octanol–water partition coefficient (Wildman–Crippen LogP) is 2.92. The molecule has 0 amide bonds. The number of halogens is 1. The summed E-state index contributed by atoms with van der Waals surface area (Å²) in [5.41, 5.74) is 3.29. The Morgan fingerprint density at radius 3 is 2.91 bits per heavy atom. The molecule has 116 valence electrons. The minimum absolute atomic E-state index is 0.229. The van der Waals surface area contributed by atoms with Gasteiger partial charge in [0.25, 0.3) is 5.56 Å². The summed E-state index contributed by atoms with van der Waals surface area (Å²) >= 11 is 0. The highest BCUT2D eigenvalue weighted by Gasteiger charge is 2.08. The van der Waals surface area contributed by atoms with Crippen molar-refractivity contribution < 1.29 is 8.81 Å². The highest BCUT2D eigenvalue weighted by atomic mass is 19.1. The number of aryl methyl sites for hydroxylation is 1. The van der Waals surface area contributed by atoms with Gasteiger partial charge < -0.3 is 4.42 Å². The molecule has 2 aromatic heterocycles. The lowest BCUT2D eigenvalue weighted by molar-refractivity contribution is 0.563. The molecule has 3 aromatic rings. The van der Waals surface area contributed by atoms with Crippen LogP contribution in [0.4, 0.5) is 10.3 Å². The molecule has 23 heavy (non-hydrogen) atoms. The molecule has 1 aromatic carbocycles. The number of rotatable bonds is 4. The van der Waals surface area contributed by atoms with Crippen LogP contribution in [0.3, 0.4) is 0 Å². The number of aromatic amines is 1. The summed E-state index contributed by atoms with van der Waals surface area (Å²) in [5.74, 6) is 0.717. The second kappa shape index (κ2) is 6.27. The average molecular weight is 312 g/mol. The summed E-state index contributed by atoms with van der Waals surface area (Å²) in [7, 11) is 0. The number of hydrazone groups is 1. The molecule has 0 fully saturated rings. The summed E-state index contributed by atoms with van der Waals surface area (Å²) < 4.78 is 19.2. The van der Waals surface area contributed by atoms with Gasteiger partial charge in [0.2, 0.25) is 5.95 Å². The summed E-state index contributed by atoms with van der Waals surface area (Å²) in [4.78, 5) is 17.9. The summed E-state index contributed by atoms with van der Waals surface area (Å²) in [6.07, 6.45) is 1.41. The standard InChI is InChI=1S/C16H13FN4O2/c1-10-8-15(22)20-16(19-10)21-18-9-11-6-7-14(23-11)12-4-2-3-5-13(12)17/h2-9H,1H3,(H2,19,20,21,22)/b18-9-. The van der Waals surface area contributed by atoms with Crippen LogP contribution in [0.1, 0.15) is 11.5 Å². The van der Waals surface area contributed by atoms with E-state index < -0.39 is 0 Å². The van der Waals surface area contributed by atoms with Crippen LogP contribution in [0.5, 0.6) is 0 Å². The lowest BCUT2D eigenvalue weighted by atomic mass is 10.1. The zero-order valence-electron chi connectivity index (χ0n) is 12.2. The minimum Gasteiger partial charge on any atom is -0.455 e. The van der Waals surface area contributed by atoms with E-state index >= 15 is 0 Å². The molecule has 6 nitrogen and oxygen atoms in total. The third-order valence-corrected chi connectivity index (χ3v) is 3.00. The molecule has 0 saturated heterocycles. The van der Waals surface area contributed by atoms with Gasteiger partial charge in [-0.15, -0.1) is 0 Å². The molecule has 3 rings (SSSR count). The van der Waals surface area contributed by atoms with E-state index in [9.17, 15) is 9.18 Å².